The molecule has 0 aromatic heterocycles. The zero-order valence-electron chi connectivity index (χ0n) is 7.43. The monoisotopic (exact) mass is 283 g/mol. The van der Waals surface area contributed by atoms with Gasteiger partial charge in [0.05, 0.1) is 10.5 Å². The zero-order chi connectivity index (χ0) is 11.8. The van der Waals surface area contributed by atoms with E-state index in [1.165, 1.54) is 0 Å². The van der Waals surface area contributed by atoms with E-state index in [4.69, 9.17) is 0 Å². The lowest BCUT2D eigenvalue weighted by Gasteiger charge is -2.10. The van der Waals surface area contributed by atoms with Crippen LogP contribution in [0.25, 0.3) is 0 Å². The number of rotatable bonds is 1. The summed E-state index contributed by atoms with van der Waals surface area (Å²) in [6.07, 6.45) is -4.58. The van der Waals surface area contributed by atoms with E-state index >= 15 is 0 Å². The molecular weight excluding hydrogens is 279 g/mol. The molecule has 0 amide bonds. The highest BCUT2D eigenvalue weighted by molar-refractivity contribution is 9.10. The van der Waals surface area contributed by atoms with Gasteiger partial charge < -0.3 is 0 Å². The molecule has 1 aromatic carbocycles. The van der Waals surface area contributed by atoms with Crippen LogP contribution in [0.4, 0.5) is 18.9 Å². The zero-order valence-corrected chi connectivity index (χ0v) is 9.02. The van der Waals surface area contributed by atoms with E-state index in [1.807, 2.05) is 0 Å². The highest BCUT2D eigenvalue weighted by Crippen LogP contribution is 2.37. The molecule has 0 saturated heterocycles. The maximum absolute atomic E-state index is 12.4. The Labute approximate surface area is 91.2 Å². The predicted octanol–water partition coefficient (Wildman–Crippen LogP) is 3.68. The Morgan fingerprint density at radius 1 is 1.40 bits per heavy atom. The minimum atomic E-state index is -4.58. The van der Waals surface area contributed by atoms with Crippen LogP contribution in [-0.2, 0) is 6.18 Å². The molecule has 0 fully saturated rings. The van der Waals surface area contributed by atoms with E-state index in [9.17, 15) is 23.3 Å². The molecular formula is C8H5BrF3NO2. The minimum Gasteiger partial charge on any atom is -0.258 e. The van der Waals surface area contributed by atoms with Gasteiger partial charge in [-0.3, -0.25) is 10.1 Å². The van der Waals surface area contributed by atoms with Crippen molar-refractivity contribution in [2.24, 2.45) is 0 Å². The first-order valence-corrected chi connectivity index (χ1v) is 4.54. The number of alkyl halides is 3. The van der Waals surface area contributed by atoms with Crippen molar-refractivity contribution in [2.75, 3.05) is 0 Å². The van der Waals surface area contributed by atoms with Crippen LogP contribution in [0.5, 0.6) is 0 Å². The third-order valence-corrected chi connectivity index (χ3v) is 2.30. The van der Waals surface area contributed by atoms with Crippen molar-refractivity contribution in [3.63, 3.8) is 0 Å². The van der Waals surface area contributed by atoms with Crippen LogP contribution >= 0.6 is 15.9 Å². The van der Waals surface area contributed by atoms with E-state index in [-0.39, 0.29) is 10.0 Å². The molecule has 0 aliphatic heterocycles. The Balaban J connectivity index is 3.49. The summed E-state index contributed by atoms with van der Waals surface area (Å²) in [5, 5.41) is 10.5. The lowest BCUT2D eigenvalue weighted by molar-refractivity contribution is -0.385. The number of nitro groups is 1. The number of nitro benzene ring substituents is 1. The van der Waals surface area contributed by atoms with Gasteiger partial charge in [0.1, 0.15) is 0 Å². The van der Waals surface area contributed by atoms with E-state index in [2.05, 4.69) is 15.9 Å². The Bertz CT molecular complexity index is 417. The van der Waals surface area contributed by atoms with Crippen LogP contribution in [0.2, 0.25) is 0 Å². The summed E-state index contributed by atoms with van der Waals surface area (Å²) in [7, 11) is 0. The number of halogens is 4. The van der Waals surface area contributed by atoms with Gasteiger partial charge in [-0.15, -0.1) is 0 Å². The molecule has 0 aliphatic carbocycles. The van der Waals surface area contributed by atoms with Crippen molar-refractivity contribution >= 4 is 21.6 Å². The molecule has 82 valence electrons. The number of hydrogen-bond acceptors (Lipinski definition) is 2. The molecule has 0 atom stereocenters. The van der Waals surface area contributed by atoms with Gasteiger partial charge in [0.15, 0.2) is 0 Å². The van der Waals surface area contributed by atoms with E-state index < -0.39 is 22.4 Å². The number of hydrogen-bond donors (Lipinski definition) is 0. The fraction of sp³-hybridized carbons (Fsp3) is 0.250. The summed E-state index contributed by atoms with van der Waals surface area (Å²) >= 11 is 2.80. The van der Waals surface area contributed by atoms with Gasteiger partial charge in [-0.25, -0.2) is 0 Å². The molecule has 15 heavy (non-hydrogen) atoms. The summed E-state index contributed by atoms with van der Waals surface area (Å²) in [6.45, 7) is 1.08. The Hall–Kier alpha value is -1.11. The normalized spacial score (nSPS) is 11.5. The standard InChI is InChI=1S/C8H5BrF3NO2/c1-4-6(8(10,11)12)2-5(9)3-7(4)13(14)15/h2-3H,1H3. The van der Waals surface area contributed by atoms with E-state index in [0.29, 0.717) is 0 Å². The molecule has 1 aromatic rings. The summed E-state index contributed by atoms with van der Waals surface area (Å²) < 4.78 is 37.3. The molecule has 0 heterocycles. The maximum atomic E-state index is 12.4. The third kappa shape index (κ3) is 2.47. The van der Waals surface area contributed by atoms with Gasteiger partial charge in [-0.1, -0.05) is 15.9 Å². The van der Waals surface area contributed by atoms with Crippen LogP contribution in [-0.4, -0.2) is 4.92 Å². The largest absolute Gasteiger partial charge is 0.416 e. The van der Waals surface area contributed by atoms with Gasteiger partial charge in [0.2, 0.25) is 0 Å². The first kappa shape index (κ1) is 12.0. The first-order valence-electron chi connectivity index (χ1n) is 3.75. The smallest absolute Gasteiger partial charge is 0.258 e. The topological polar surface area (TPSA) is 43.1 Å². The molecule has 0 radical (unpaired) electrons. The Kier molecular flexibility index (Phi) is 3.03. The van der Waals surface area contributed by atoms with Crippen molar-refractivity contribution in [1.82, 2.24) is 0 Å². The Morgan fingerprint density at radius 2 is 1.93 bits per heavy atom. The van der Waals surface area contributed by atoms with Gasteiger partial charge in [-0.05, 0) is 13.0 Å². The van der Waals surface area contributed by atoms with Crippen molar-refractivity contribution in [3.05, 3.63) is 37.8 Å². The van der Waals surface area contributed by atoms with Crippen LogP contribution in [0.15, 0.2) is 16.6 Å². The van der Waals surface area contributed by atoms with E-state index in [0.717, 1.165) is 19.1 Å². The molecule has 0 saturated carbocycles. The number of benzene rings is 1. The highest BCUT2D eigenvalue weighted by Gasteiger charge is 2.35. The lowest BCUT2D eigenvalue weighted by Crippen LogP contribution is -2.09. The molecule has 3 nitrogen and oxygen atoms in total. The van der Waals surface area contributed by atoms with E-state index in [1.54, 1.807) is 0 Å². The third-order valence-electron chi connectivity index (χ3n) is 1.85. The highest BCUT2D eigenvalue weighted by atomic mass is 79.9. The summed E-state index contributed by atoms with van der Waals surface area (Å²) in [4.78, 5) is 9.63. The fourth-order valence-corrected chi connectivity index (χ4v) is 1.59. The number of nitrogens with zero attached hydrogens (tertiary/aromatic N) is 1. The molecule has 0 bridgehead atoms. The summed E-state index contributed by atoms with van der Waals surface area (Å²) in [6, 6.07) is 1.87. The van der Waals surface area contributed by atoms with Crippen LogP contribution in [0.1, 0.15) is 11.1 Å². The maximum Gasteiger partial charge on any atom is 0.416 e. The van der Waals surface area contributed by atoms with Crippen molar-refractivity contribution in [3.8, 4) is 0 Å². The van der Waals surface area contributed by atoms with Crippen molar-refractivity contribution in [1.29, 1.82) is 0 Å². The van der Waals surface area contributed by atoms with Crippen molar-refractivity contribution in [2.45, 2.75) is 13.1 Å². The lowest BCUT2D eigenvalue weighted by atomic mass is 10.1. The predicted molar refractivity (Wildman–Crippen MR) is 50.5 cm³/mol. The average Bonchev–Trinajstić information content (AvgIpc) is 2.06. The average molecular weight is 284 g/mol. The minimum absolute atomic E-state index is 0.0344. The quantitative estimate of drug-likeness (QED) is 0.583. The molecule has 0 aliphatic rings. The Morgan fingerprint density at radius 3 is 2.33 bits per heavy atom. The van der Waals surface area contributed by atoms with Gasteiger partial charge >= 0.3 is 6.18 Å². The SMILES string of the molecule is Cc1c([N+](=O)[O-])cc(Br)cc1C(F)(F)F. The van der Waals surface area contributed by atoms with Crippen LogP contribution in [0, 0.1) is 17.0 Å². The summed E-state index contributed by atoms with van der Waals surface area (Å²) in [5.74, 6) is 0. The van der Waals surface area contributed by atoms with Gasteiger partial charge in [0, 0.05) is 16.1 Å². The first-order chi connectivity index (χ1) is 6.73. The van der Waals surface area contributed by atoms with Crippen LogP contribution < -0.4 is 0 Å². The fourth-order valence-electron chi connectivity index (χ4n) is 1.15. The van der Waals surface area contributed by atoms with Crippen LogP contribution in [0.3, 0.4) is 0 Å². The molecule has 0 spiro atoms. The second-order valence-electron chi connectivity index (χ2n) is 2.85. The molecule has 7 heteroatoms. The molecule has 0 N–H and O–H groups in total. The molecule has 1 rings (SSSR count). The second-order valence-corrected chi connectivity index (χ2v) is 3.77. The molecule has 0 unspecified atom stereocenters. The van der Waals surface area contributed by atoms with Gasteiger partial charge in [-0.2, -0.15) is 13.2 Å². The second kappa shape index (κ2) is 3.80. The van der Waals surface area contributed by atoms with Gasteiger partial charge in [0.25, 0.3) is 5.69 Å². The van der Waals surface area contributed by atoms with Crippen molar-refractivity contribution < 1.29 is 18.1 Å². The summed E-state index contributed by atoms with van der Waals surface area (Å²) in [5.41, 5.74) is -1.92.